The van der Waals surface area contributed by atoms with Crippen LogP contribution in [0.25, 0.3) is 0 Å². The van der Waals surface area contributed by atoms with Gasteiger partial charge in [-0.05, 0) is 12.5 Å². The van der Waals surface area contributed by atoms with E-state index in [4.69, 9.17) is 4.42 Å². The maximum Gasteiger partial charge on any atom is 0.269 e. The molecular weight excluding hydrogens is 246 g/mol. The molecule has 102 valence electrons. The third-order valence-corrected chi connectivity index (χ3v) is 2.60. The summed E-state index contributed by atoms with van der Waals surface area (Å²) >= 11 is 0. The Bertz CT molecular complexity index is 546. The van der Waals surface area contributed by atoms with Gasteiger partial charge < -0.3 is 9.73 Å². The molecule has 0 radical (unpaired) electrons. The van der Waals surface area contributed by atoms with Crippen molar-refractivity contribution in [2.75, 3.05) is 0 Å². The van der Waals surface area contributed by atoms with E-state index in [2.05, 4.69) is 20.6 Å². The summed E-state index contributed by atoms with van der Waals surface area (Å²) in [5, 5.41) is 14.5. The first-order valence-corrected chi connectivity index (χ1v) is 6.35. The molecule has 0 unspecified atom stereocenters. The summed E-state index contributed by atoms with van der Waals surface area (Å²) in [5.41, 5.74) is 0.539. The van der Waals surface area contributed by atoms with E-state index < -0.39 is 0 Å². The standard InChI is InChI=1S/C12H17N5O2/c1-3-7-17-9(5-6-14-17)12(18)13-8-11-16-15-10(4-2)19-11/h5-6H,3-4,7-8H2,1-2H3,(H,13,18). The number of nitrogens with one attached hydrogen (secondary N) is 1. The van der Waals surface area contributed by atoms with Gasteiger partial charge in [-0.25, -0.2) is 0 Å². The monoisotopic (exact) mass is 263 g/mol. The number of aromatic nitrogens is 4. The molecular formula is C12H17N5O2. The van der Waals surface area contributed by atoms with E-state index in [0.717, 1.165) is 13.0 Å². The highest BCUT2D eigenvalue weighted by Crippen LogP contribution is 2.03. The van der Waals surface area contributed by atoms with Crippen LogP contribution in [0.2, 0.25) is 0 Å². The van der Waals surface area contributed by atoms with E-state index in [1.807, 2.05) is 13.8 Å². The Balaban J connectivity index is 1.95. The minimum atomic E-state index is -0.192. The van der Waals surface area contributed by atoms with E-state index in [1.165, 1.54) is 0 Å². The van der Waals surface area contributed by atoms with Gasteiger partial charge in [0.15, 0.2) is 0 Å². The van der Waals surface area contributed by atoms with Crippen LogP contribution in [0, 0.1) is 0 Å². The molecule has 1 N–H and O–H groups in total. The van der Waals surface area contributed by atoms with E-state index in [9.17, 15) is 4.79 Å². The van der Waals surface area contributed by atoms with Crippen molar-refractivity contribution in [3.63, 3.8) is 0 Å². The van der Waals surface area contributed by atoms with Gasteiger partial charge in [-0.2, -0.15) is 5.10 Å². The van der Waals surface area contributed by atoms with Crippen LogP contribution >= 0.6 is 0 Å². The third kappa shape index (κ3) is 3.18. The molecule has 0 aliphatic rings. The van der Waals surface area contributed by atoms with Crippen LogP contribution in [-0.4, -0.2) is 25.9 Å². The van der Waals surface area contributed by atoms with Crippen LogP contribution < -0.4 is 5.32 Å². The topological polar surface area (TPSA) is 85.8 Å². The average Bonchev–Trinajstić information content (AvgIpc) is 3.05. The zero-order valence-electron chi connectivity index (χ0n) is 11.1. The Hall–Kier alpha value is -2.18. The minimum Gasteiger partial charge on any atom is -0.423 e. The molecule has 0 atom stereocenters. The molecule has 0 aliphatic heterocycles. The zero-order chi connectivity index (χ0) is 13.7. The SMILES string of the molecule is CCCn1nccc1C(=O)NCc1nnc(CC)o1. The van der Waals surface area contributed by atoms with E-state index in [1.54, 1.807) is 16.9 Å². The van der Waals surface area contributed by atoms with Crippen molar-refractivity contribution in [2.45, 2.75) is 39.8 Å². The molecule has 2 heterocycles. The second kappa shape index (κ2) is 6.12. The number of carbonyl (C=O) groups is 1. The van der Waals surface area contributed by atoms with E-state index in [0.29, 0.717) is 23.9 Å². The number of hydrogen-bond donors (Lipinski definition) is 1. The Kier molecular flexibility index (Phi) is 4.27. The van der Waals surface area contributed by atoms with Gasteiger partial charge in [0.2, 0.25) is 11.8 Å². The zero-order valence-corrected chi connectivity index (χ0v) is 11.1. The molecule has 0 aromatic carbocycles. The largest absolute Gasteiger partial charge is 0.423 e. The van der Waals surface area contributed by atoms with Crippen molar-refractivity contribution < 1.29 is 9.21 Å². The van der Waals surface area contributed by atoms with Crippen molar-refractivity contribution in [1.29, 1.82) is 0 Å². The van der Waals surface area contributed by atoms with Gasteiger partial charge in [0.05, 0.1) is 6.54 Å². The summed E-state index contributed by atoms with van der Waals surface area (Å²) in [7, 11) is 0. The van der Waals surface area contributed by atoms with E-state index >= 15 is 0 Å². The summed E-state index contributed by atoms with van der Waals surface area (Å²) in [6.07, 6.45) is 3.22. The minimum absolute atomic E-state index is 0.192. The van der Waals surface area contributed by atoms with Gasteiger partial charge in [0, 0.05) is 19.2 Å². The Morgan fingerprint density at radius 1 is 1.37 bits per heavy atom. The van der Waals surface area contributed by atoms with Crippen LogP contribution in [0.4, 0.5) is 0 Å². The maximum absolute atomic E-state index is 12.0. The summed E-state index contributed by atoms with van der Waals surface area (Å²) in [4.78, 5) is 12.0. The number of carbonyl (C=O) groups excluding carboxylic acids is 1. The van der Waals surface area contributed by atoms with Gasteiger partial charge in [-0.1, -0.05) is 13.8 Å². The molecule has 2 aromatic heterocycles. The lowest BCUT2D eigenvalue weighted by atomic mass is 10.3. The molecule has 2 aromatic rings. The van der Waals surface area contributed by atoms with Crippen molar-refractivity contribution in [1.82, 2.24) is 25.3 Å². The predicted molar refractivity (Wildman–Crippen MR) is 67.4 cm³/mol. The smallest absolute Gasteiger partial charge is 0.269 e. The highest BCUT2D eigenvalue weighted by Gasteiger charge is 2.12. The van der Waals surface area contributed by atoms with Gasteiger partial charge in [0.25, 0.3) is 5.91 Å². The van der Waals surface area contributed by atoms with Gasteiger partial charge in [-0.3, -0.25) is 9.48 Å². The van der Waals surface area contributed by atoms with Crippen LogP contribution in [0.5, 0.6) is 0 Å². The third-order valence-electron chi connectivity index (χ3n) is 2.60. The quantitative estimate of drug-likeness (QED) is 0.845. The molecule has 0 aliphatic carbocycles. The Labute approximate surface area is 111 Å². The lowest BCUT2D eigenvalue weighted by Crippen LogP contribution is -2.26. The van der Waals surface area contributed by atoms with Crippen LogP contribution in [0.15, 0.2) is 16.7 Å². The van der Waals surface area contributed by atoms with Gasteiger partial charge in [-0.15, -0.1) is 10.2 Å². The van der Waals surface area contributed by atoms with Crippen molar-refractivity contribution in [3.05, 3.63) is 29.7 Å². The molecule has 7 heteroatoms. The Morgan fingerprint density at radius 3 is 2.84 bits per heavy atom. The first kappa shape index (κ1) is 13.3. The predicted octanol–water partition coefficient (Wildman–Crippen LogP) is 1.17. The first-order chi connectivity index (χ1) is 9.24. The number of hydrogen-bond acceptors (Lipinski definition) is 5. The maximum atomic E-state index is 12.0. The molecule has 0 bridgehead atoms. The molecule has 0 spiro atoms. The Morgan fingerprint density at radius 2 is 2.16 bits per heavy atom. The number of amides is 1. The van der Waals surface area contributed by atoms with Crippen molar-refractivity contribution >= 4 is 5.91 Å². The molecule has 7 nitrogen and oxygen atoms in total. The van der Waals surface area contributed by atoms with E-state index in [-0.39, 0.29) is 12.5 Å². The fourth-order valence-corrected chi connectivity index (χ4v) is 1.66. The summed E-state index contributed by atoms with van der Waals surface area (Å²) in [6, 6.07) is 1.69. The molecule has 0 saturated carbocycles. The van der Waals surface area contributed by atoms with Crippen molar-refractivity contribution in [3.8, 4) is 0 Å². The number of nitrogens with zero attached hydrogens (tertiary/aromatic N) is 4. The average molecular weight is 263 g/mol. The second-order valence-electron chi connectivity index (χ2n) is 4.07. The molecule has 1 amide bonds. The lowest BCUT2D eigenvalue weighted by molar-refractivity contribution is 0.0936. The first-order valence-electron chi connectivity index (χ1n) is 6.35. The summed E-state index contributed by atoms with van der Waals surface area (Å²) < 4.78 is 7.00. The van der Waals surface area contributed by atoms with Gasteiger partial charge >= 0.3 is 0 Å². The number of rotatable bonds is 6. The highest BCUT2D eigenvalue weighted by molar-refractivity contribution is 5.92. The summed E-state index contributed by atoms with van der Waals surface area (Å²) in [6.45, 7) is 4.91. The van der Waals surface area contributed by atoms with Crippen LogP contribution in [-0.2, 0) is 19.5 Å². The second-order valence-corrected chi connectivity index (χ2v) is 4.07. The van der Waals surface area contributed by atoms with Crippen LogP contribution in [0.1, 0.15) is 42.5 Å². The van der Waals surface area contributed by atoms with Gasteiger partial charge in [0.1, 0.15) is 5.69 Å². The normalized spacial score (nSPS) is 10.6. The molecule has 2 rings (SSSR count). The van der Waals surface area contributed by atoms with Crippen molar-refractivity contribution in [2.24, 2.45) is 0 Å². The fourth-order valence-electron chi connectivity index (χ4n) is 1.66. The van der Waals surface area contributed by atoms with Crippen LogP contribution in [0.3, 0.4) is 0 Å². The fraction of sp³-hybridized carbons (Fsp3) is 0.500. The molecule has 0 saturated heterocycles. The summed E-state index contributed by atoms with van der Waals surface area (Å²) in [5.74, 6) is 0.786. The molecule has 0 fully saturated rings. The molecule has 19 heavy (non-hydrogen) atoms. The number of aryl methyl sites for hydroxylation is 2. The lowest BCUT2D eigenvalue weighted by Gasteiger charge is -2.05. The highest BCUT2D eigenvalue weighted by atomic mass is 16.4.